The van der Waals surface area contributed by atoms with Gasteiger partial charge in [-0.05, 0) is 6.92 Å². The number of nitrogens with zero attached hydrogens (tertiary/aromatic N) is 3. The van der Waals surface area contributed by atoms with Gasteiger partial charge >= 0.3 is 0 Å². The van der Waals surface area contributed by atoms with E-state index in [0.717, 1.165) is 5.82 Å². The second kappa shape index (κ2) is 6.13. The van der Waals surface area contributed by atoms with Crippen LogP contribution in [0.2, 0.25) is 0 Å². The number of carbonyl (C=O) groups is 1. The Morgan fingerprint density at radius 3 is 3.07 bits per heavy atom. The molecule has 0 aromatic carbocycles. The molecule has 1 rings (SSSR count). The molecule has 15 heavy (non-hydrogen) atoms. The van der Waals surface area contributed by atoms with Gasteiger partial charge in [0.1, 0.15) is 18.8 Å². The average Bonchev–Trinajstić information content (AvgIpc) is 2.61. The monoisotopic (exact) mass is 212 g/mol. The highest BCUT2D eigenvalue weighted by molar-refractivity contribution is 5.77. The molecule has 0 aliphatic heterocycles. The van der Waals surface area contributed by atoms with Gasteiger partial charge in [-0.25, -0.2) is 0 Å². The molecule has 6 heteroatoms. The van der Waals surface area contributed by atoms with Crippen molar-refractivity contribution < 1.29 is 9.53 Å². The van der Waals surface area contributed by atoms with Gasteiger partial charge in [-0.1, -0.05) is 0 Å². The van der Waals surface area contributed by atoms with E-state index in [2.05, 4.69) is 15.5 Å². The third-order valence-corrected chi connectivity index (χ3v) is 1.91. The Labute approximate surface area is 88.6 Å². The van der Waals surface area contributed by atoms with Crippen LogP contribution < -0.4 is 5.32 Å². The Morgan fingerprint density at radius 1 is 1.67 bits per heavy atom. The molecular formula is C9H16N4O2. The van der Waals surface area contributed by atoms with E-state index in [1.165, 1.54) is 0 Å². The summed E-state index contributed by atoms with van der Waals surface area (Å²) < 4.78 is 6.79. The van der Waals surface area contributed by atoms with Gasteiger partial charge in [0.2, 0.25) is 5.91 Å². The standard InChI is InChI=1S/C9H16N4O2/c1-3-15-6-9(14)10-5-4-8-12-11-7-13(8)2/h7H,3-6H2,1-2H3,(H,10,14). The summed E-state index contributed by atoms with van der Waals surface area (Å²) in [5, 5.41) is 10.4. The molecule has 0 atom stereocenters. The predicted octanol–water partition coefficient (Wildman–Crippen LogP) is -0.490. The summed E-state index contributed by atoms with van der Waals surface area (Å²) in [6.45, 7) is 3.08. The van der Waals surface area contributed by atoms with Crippen molar-refractivity contribution in [3.05, 3.63) is 12.2 Å². The number of hydrogen-bond donors (Lipinski definition) is 1. The molecule has 1 amide bonds. The molecule has 0 aliphatic rings. The van der Waals surface area contributed by atoms with Crippen molar-refractivity contribution in [1.29, 1.82) is 0 Å². The van der Waals surface area contributed by atoms with Crippen LogP contribution in [0.4, 0.5) is 0 Å². The van der Waals surface area contributed by atoms with E-state index in [1.807, 2.05) is 18.5 Å². The summed E-state index contributed by atoms with van der Waals surface area (Å²) in [4.78, 5) is 11.1. The molecule has 0 radical (unpaired) electrons. The van der Waals surface area contributed by atoms with E-state index in [1.54, 1.807) is 6.33 Å². The van der Waals surface area contributed by atoms with Crippen LogP contribution in [-0.2, 0) is 23.0 Å². The van der Waals surface area contributed by atoms with E-state index in [9.17, 15) is 4.79 Å². The van der Waals surface area contributed by atoms with Crippen LogP contribution in [0, 0.1) is 0 Å². The van der Waals surface area contributed by atoms with E-state index >= 15 is 0 Å². The van der Waals surface area contributed by atoms with Gasteiger partial charge in [0, 0.05) is 26.6 Å². The normalized spacial score (nSPS) is 10.3. The summed E-state index contributed by atoms with van der Waals surface area (Å²) in [7, 11) is 1.87. The van der Waals surface area contributed by atoms with E-state index in [-0.39, 0.29) is 12.5 Å². The second-order valence-electron chi connectivity index (χ2n) is 3.10. The molecular weight excluding hydrogens is 196 g/mol. The molecule has 1 N–H and O–H groups in total. The van der Waals surface area contributed by atoms with Gasteiger partial charge in [-0.3, -0.25) is 4.79 Å². The first kappa shape index (κ1) is 11.6. The summed E-state index contributed by atoms with van der Waals surface area (Å²) in [6.07, 6.45) is 2.31. The molecule has 0 saturated heterocycles. The fourth-order valence-corrected chi connectivity index (χ4v) is 1.09. The maximum Gasteiger partial charge on any atom is 0.246 e. The highest BCUT2D eigenvalue weighted by Crippen LogP contribution is 1.91. The average molecular weight is 212 g/mol. The number of ether oxygens (including phenoxy) is 1. The van der Waals surface area contributed by atoms with Crippen molar-refractivity contribution in [2.75, 3.05) is 19.8 Å². The SMILES string of the molecule is CCOCC(=O)NCCc1nncn1C. The zero-order chi connectivity index (χ0) is 11.1. The molecule has 0 aliphatic carbocycles. The molecule has 1 aromatic rings. The zero-order valence-corrected chi connectivity index (χ0v) is 9.06. The highest BCUT2D eigenvalue weighted by atomic mass is 16.5. The van der Waals surface area contributed by atoms with Gasteiger partial charge < -0.3 is 14.6 Å². The third-order valence-electron chi connectivity index (χ3n) is 1.91. The number of amides is 1. The fourth-order valence-electron chi connectivity index (χ4n) is 1.09. The number of rotatable bonds is 6. The van der Waals surface area contributed by atoms with Crippen LogP contribution in [0.25, 0.3) is 0 Å². The summed E-state index contributed by atoms with van der Waals surface area (Å²) in [5.74, 6) is 0.755. The first-order chi connectivity index (χ1) is 7.24. The highest BCUT2D eigenvalue weighted by Gasteiger charge is 2.02. The summed E-state index contributed by atoms with van der Waals surface area (Å²) in [5.41, 5.74) is 0. The second-order valence-corrected chi connectivity index (χ2v) is 3.10. The Balaban J connectivity index is 2.16. The smallest absolute Gasteiger partial charge is 0.246 e. The lowest BCUT2D eigenvalue weighted by Crippen LogP contribution is -2.29. The minimum absolute atomic E-state index is 0.0981. The van der Waals surface area contributed by atoms with Gasteiger partial charge in [-0.2, -0.15) is 0 Å². The van der Waals surface area contributed by atoms with Crippen LogP contribution >= 0.6 is 0 Å². The Morgan fingerprint density at radius 2 is 2.47 bits per heavy atom. The number of nitrogens with one attached hydrogen (secondary N) is 1. The van der Waals surface area contributed by atoms with Crippen LogP contribution in [-0.4, -0.2) is 40.4 Å². The zero-order valence-electron chi connectivity index (χ0n) is 9.06. The number of aromatic nitrogens is 3. The van der Waals surface area contributed by atoms with E-state index < -0.39 is 0 Å². The van der Waals surface area contributed by atoms with Crippen molar-refractivity contribution in [3.63, 3.8) is 0 Å². The lowest BCUT2D eigenvalue weighted by atomic mass is 10.4. The predicted molar refractivity (Wildman–Crippen MR) is 54.2 cm³/mol. The molecule has 84 valence electrons. The van der Waals surface area contributed by atoms with Crippen molar-refractivity contribution in [2.24, 2.45) is 7.05 Å². The van der Waals surface area contributed by atoms with E-state index in [4.69, 9.17) is 4.74 Å². The molecule has 0 saturated carbocycles. The maximum absolute atomic E-state index is 11.1. The van der Waals surface area contributed by atoms with Gasteiger partial charge in [-0.15, -0.1) is 10.2 Å². The molecule has 0 bridgehead atoms. The van der Waals surface area contributed by atoms with Crippen LogP contribution in [0.5, 0.6) is 0 Å². The van der Waals surface area contributed by atoms with Gasteiger partial charge in [0.25, 0.3) is 0 Å². The molecule has 0 fully saturated rings. The Hall–Kier alpha value is -1.43. The van der Waals surface area contributed by atoms with Crippen LogP contribution in [0.15, 0.2) is 6.33 Å². The Kier molecular flexibility index (Phi) is 4.76. The largest absolute Gasteiger partial charge is 0.372 e. The minimum Gasteiger partial charge on any atom is -0.372 e. The Bertz CT molecular complexity index is 311. The number of hydrogen-bond acceptors (Lipinski definition) is 4. The topological polar surface area (TPSA) is 69.0 Å². The molecule has 6 nitrogen and oxygen atoms in total. The fraction of sp³-hybridized carbons (Fsp3) is 0.667. The summed E-state index contributed by atoms with van der Waals surface area (Å²) >= 11 is 0. The van der Waals surface area contributed by atoms with Crippen LogP contribution in [0.3, 0.4) is 0 Å². The van der Waals surface area contributed by atoms with Crippen molar-refractivity contribution in [3.8, 4) is 0 Å². The van der Waals surface area contributed by atoms with Crippen molar-refractivity contribution in [1.82, 2.24) is 20.1 Å². The molecule has 0 unspecified atom stereocenters. The number of carbonyl (C=O) groups excluding carboxylic acids is 1. The van der Waals surface area contributed by atoms with Gasteiger partial charge in [0.05, 0.1) is 0 Å². The molecule has 1 aromatic heterocycles. The molecule has 0 spiro atoms. The van der Waals surface area contributed by atoms with E-state index in [0.29, 0.717) is 19.6 Å². The lowest BCUT2D eigenvalue weighted by molar-refractivity contribution is -0.125. The van der Waals surface area contributed by atoms with Crippen molar-refractivity contribution >= 4 is 5.91 Å². The minimum atomic E-state index is -0.0981. The number of aryl methyl sites for hydroxylation is 1. The maximum atomic E-state index is 11.1. The molecule has 1 heterocycles. The third kappa shape index (κ3) is 4.07. The van der Waals surface area contributed by atoms with Crippen molar-refractivity contribution in [2.45, 2.75) is 13.3 Å². The lowest BCUT2D eigenvalue weighted by Gasteiger charge is -2.04. The summed E-state index contributed by atoms with van der Waals surface area (Å²) in [6, 6.07) is 0. The first-order valence-corrected chi connectivity index (χ1v) is 4.91. The quantitative estimate of drug-likeness (QED) is 0.691. The first-order valence-electron chi connectivity index (χ1n) is 4.91. The van der Waals surface area contributed by atoms with Crippen LogP contribution in [0.1, 0.15) is 12.7 Å². The van der Waals surface area contributed by atoms with Gasteiger partial charge in [0.15, 0.2) is 0 Å².